The zero-order chi connectivity index (χ0) is 14.9. The van der Waals surface area contributed by atoms with Gasteiger partial charge in [-0.3, -0.25) is 0 Å². The molecule has 3 heterocycles. The molecule has 1 aliphatic rings. The van der Waals surface area contributed by atoms with Crippen molar-refractivity contribution in [1.29, 1.82) is 0 Å². The smallest absolute Gasteiger partial charge is 0.141 e. The molecule has 0 unspecified atom stereocenters. The molecule has 1 saturated heterocycles. The van der Waals surface area contributed by atoms with Crippen LogP contribution in [0.2, 0.25) is 0 Å². The Morgan fingerprint density at radius 2 is 2.09 bits per heavy atom. The molecule has 4 nitrogen and oxygen atoms in total. The monoisotopic (exact) mass is 311 g/mol. The van der Waals surface area contributed by atoms with Crippen molar-refractivity contribution in [1.82, 2.24) is 9.97 Å². The molecule has 0 radical (unpaired) electrons. The number of aromatic nitrogens is 2. The van der Waals surface area contributed by atoms with Gasteiger partial charge in [0.05, 0.1) is 5.39 Å². The van der Waals surface area contributed by atoms with Gasteiger partial charge in [0.15, 0.2) is 0 Å². The van der Waals surface area contributed by atoms with E-state index in [4.69, 9.17) is 0 Å². The Morgan fingerprint density at radius 3 is 2.86 bits per heavy atom. The Morgan fingerprint density at radius 1 is 1.23 bits per heavy atom. The lowest BCUT2D eigenvalue weighted by molar-refractivity contribution is 0.238. The van der Waals surface area contributed by atoms with Crippen molar-refractivity contribution in [2.75, 3.05) is 24.6 Å². The highest BCUT2D eigenvalue weighted by atomic mass is 32.1. The lowest BCUT2D eigenvalue weighted by atomic mass is 10.1. The van der Waals surface area contributed by atoms with Gasteiger partial charge in [0.1, 0.15) is 17.0 Å². The minimum atomic E-state index is 0.250. The van der Waals surface area contributed by atoms with Crippen molar-refractivity contribution >= 4 is 27.4 Å². The largest absolute Gasteiger partial charge is 0.396 e. The highest BCUT2D eigenvalue weighted by molar-refractivity contribution is 7.17. The molecule has 1 aromatic carbocycles. The molecule has 0 saturated carbocycles. The molecule has 0 spiro atoms. The van der Waals surface area contributed by atoms with E-state index in [2.05, 4.69) is 44.5 Å². The third kappa shape index (κ3) is 2.26. The van der Waals surface area contributed by atoms with Crippen LogP contribution in [0, 0.1) is 5.92 Å². The third-order valence-electron chi connectivity index (χ3n) is 4.28. The first-order chi connectivity index (χ1) is 10.9. The fourth-order valence-electron chi connectivity index (χ4n) is 3.10. The number of fused-ring (bicyclic) bond motifs is 1. The van der Waals surface area contributed by atoms with Crippen LogP contribution < -0.4 is 4.90 Å². The van der Waals surface area contributed by atoms with Crippen molar-refractivity contribution in [3.63, 3.8) is 0 Å². The van der Waals surface area contributed by atoms with E-state index in [1.165, 1.54) is 11.1 Å². The number of hydrogen-bond acceptors (Lipinski definition) is 5. The summed E-state index contributed by atoms with van der Waals surface area (Å²) in [7, 11) is 0. The zero-order valence-corrected chi connectivity index (χ0v) is 13.0. The number of aliphatic hydroxyl groups excluding tert-OH is 1. The first-order valence-corrected chi connectivity index (χ1v) is 8.38. The Labute approximate surface area is 133 Å². The highest BCUT2D eigenvalue weighted by Crippen LogP contribution is 2.38. The van der Waals surface area contributed by atoms with Crippen LogP contribution in [0.15, 0.2) is 42.0 Å². The molecule has 1 N–H and O–H groups in total. The van der Waals surface area contributed by atoms with Gasteiger partial charge in [-0.2, -0.15) is 0 Å². The molecule has 4 rings (SSSR count). The first kappa shape index (κ1) is 13.7. The molecule has 112 valence electrons. The molecule has 1 fully saturated rings. The number of hydrogen-bond donors (Lipinski definition) is 1. The average molecular weight is 311 g/mol. The van der Waals surface area contributed by atoms with Crippen LogP contribution in [0.5, 0.6) is 0 Å². The van der Waals surface area contributed by atoms with Gasteiger partial charge < -0.3 is 10.0 Å². The molecule has 0 bridgehead atoms. The quantitative estimate of drug-likeness (QED) is 0.807. The van der Waals surface area contributed by atoms with Crippen LogP contribution >= 0.6 is 11.3 Å². The van der Waals surface area contributed by atoms with E-state index in [9.17, 15) is 5.11 Å². The molecular weight excluding hydrogens is 294 g/mol. The Kier molecular flexibility index (Phi) is 3.52. The van der Waals surface area contributed by atoms with E-state index in [1.807, 2.05) is 6.07 Å². The lowest BCUT2D eigenvalue weighted by Crippen LogP contribution is -2.22. The number of rotatable bonds is 3. The second-order valence-corrected chi connectivity index (χ2v) is 6.53. The zero-order valence-electron chi connectivity index (χ0n) is 12.1. The van der Waals surface area contributed by atoms with Crippen LogP contribution in [0.1, 0.15) is 6.42 Å². The summed E-state index contributed by atoms with van der Waals surface area (Å²) in [6.45, 7) is 2.06. The Balaban J connectivity index is 1.84. The minimum absolute atomic E-state index is 0.250. The fraction of sp³-hybridized carbons (Fsp3) is 0.294. The van der Waals surface area contributed by atoms with Crippen LogP contribution in [0.3, 0.4) is 0 Å². The van der Waals surface area contributed by atoms with E-state index in [1.54, 1.807) is 17.7 Å². The van der Waals surface area contributed by atoms with Crippen molar-refractivity contribution in [2.45, 2.75) is 6.42 Å². The summed E-state index contributed by atoms with van der Waals surface area (Å²) >= 11 is 1.66. The van der Waals surface area contributed by atoms with Crippen LogP contribution in [0.25, 0.3) is 21.3 Å². The number of anilines is 1. The van der Waals surface area contributed by atoms with Gasteiger partial charge >= 0.3 is 0 Å². The van der Waals surface area contributed by atoms with Crippen LogP contribution in [0.4, 0.5) is 5.82 Å². The predicted molar refractivity (Wildman–Crippen MR) is 90.3 cm³/mol. The van der Waals surface area contributed by atoms with E-state index in [0.717, 1.165) is 35.5 Å². The predicted octanol–water partition coefficient (Wildman–Crippen LogP) is 3.18. The van der Waals surface area contributed by atoms with Gasteiger partial charge in [0.2, 0.25) is 0 Å². The third-order valence-corrected chi connectivity index (χ3v) is 5.16. The summed E-state index contributed by atoms with van der Waals surface area (Å²) in [6, 6.07) is 10.4. The summed E-state index contributed by atoms with van der Waals surface area (Å²) in [4.78, 5) is 12.3. The minimum Gasteiger partial charge on any atom is -0.396 e. The molecule has 0 amide bonds. The van der Waals surface area contributed by atoms with Crippen molar-refractivity contribution in [3.05, 3.63) is 42.0 Å². The molecule has 1 atom stereocenters. The van der Waals surface area contributed by atoms with Gasteiger partial charge in [-0.25, -0.2) is 9.97 Å². The second kappa shape index (κ2) is 5.66. The Hall–Kier alpha value is -1.98. The number of benzene rings is 1. The van der Waals surface area contributed by atoms with Crippen molar-refractivity contribution < 1.29 is 5.11 Å². The summed E-state index contributed by atoms with van der Waals surface area (Å²) in [6.07, 6.45) is 2.67. The van der Waals surface area contributed by atoms with Crippen molar-refractivity contribution in [3.8, 4) is 11.1 Å². The van der Waals surface area contributed by atoms with Crippen LogP contribution in [-0.2, 0) is 0 Å². The summed E-state index contributed by atoms with van der Waals surface area (Å²) < 4.78 is 0. The normalized spacial score (nSPS) is 18.2. The maximum atomic E-state index is 9.38. The van der Waals surface area contributed by atoms with Gasteiger partial charge in [0, 0.05) is 36.6 Å². The summed E-state index contributed by atoms with van der Waals surface area (Å²) in [5.41, 5.74) is 2.39. The summed E-state index contributed by atoms with van der Waals surface area (Å²) in [5, 5.41) is 12.7. The standard InChI is InChI=1S/C17H17N3OS/c21-9-12-6-7-20(8-12)16-15-14(13-4-2-1-3-5-13)10-22-17(15)19-11-18-16/h1-5,10-12,21H,6-9H2/t12-/m1/s1. The topological polar surface area (TPSA) is 49.2 Å². The van der Waals surface area contributed by atoms with E-state index in [-0.39, 0.29) is 6.61 Å². The number of thiophene rings is 1. The molecule has 0 aliphatic carbocycles. The molecule has 2 aromatic heterocycles. The highest BCUT2D eigenvalue weighted by Gasteiger charge is 2.25. The van der Waals surface area contributed by atoms with Gasteiger partial charge in [-0.15, -0.1) is 11.3 Å². The average Bonchev–Trinajstić information content (AvgIpc) is 3.22. The molecule has 1 aliphatic heterocycles. The number of aliphatic hydroxyl groups is 1. The van der Waals surface area contributed by atoms with E-state index in [0.29, 0.717) is 5.92 Å². The van der Waals surface area contributed by atoms with Crippen molar-refractivity contribution in [2.24, 2.45) is 5.92 Å². The van der Waals surface area contributed by atoms with Gasteiger partial charge in [0.25, 0.3) is 0 Å². The van der Waals surface area contributed by atoms with E-state index < -0.39 is 0 Å². The second-order valence-electron chi connectivity index (χ2n) is 5.68. The van der Waals surface area contributed by atoms with E-state index >= 15 is 0 Å². The fourth-order valence-corrected chi connectivity index (χ4v) is 4.01. The number of nitrogens with zero attached hydrogens (tertiary/aromatic N) is 3. The Bertz CT molecular complexity index is 787. The maximum Gasteiger partial charge on any atom is 0.141 e. The molecule has 5 heteroatoms. The summed E-state index contributed by atoms with van der Waals surface area (Å²) in [5.74, 6) is 1.35. The first-order valence-electron chi connectivity index (χ1n) is 7.50. The SMILES string of the molecule is OC[C@@H]1CCN(c2ncnc3scc(-c4ccccc4)c23)C1. The molecule has 22 heavy (non-hydrogen) atoms. The van der Waals surface area contributed by atoms with Gasteiger partial charge in [-0.05, 0) is 12.0 Å². The maximum absolute atomic E-state index is 9.38. The van der Waals surface area contributed by atoms with Crippen LogP contribution in [-0.4, -0.2) is 34.8 Å². The lowest BCUT2D eigenvalue weighted by Gasteiger charge is -2.18. The van der Waals surface area contributed by atoms with Gasteiger partial charge in [-0.1, -0.05) is 30.3 Å². The molecular formula is C17H17N3OS. The molecule has 3 aromatic rings.